The van der Waals surface area contributed by atoms with Crippen LogP contribution in [0.1, 0.15) is 50.3 Å². The monoisotopic (exact) mass is 250 g/mol. The number of benzene rings is 2. The highest BCUT2D eigenvalue weighted by Gasteiger charge is 2.40. The first-order valence-corrected chi connectivity index (χ1v) is 7.50. The highest BCUT2D eigenvalue weighted by atomic mass is 14.4. The van der Waals surface area contributed by atoms with Crippen molar-refractivity contribution in [3.05, 3.63) is 59.2 Å². The fourth-order valence-corrected chi connectivity index (χ4v) is 3.73. The largest absolute Gasteiger partial charge is 0.0642 e. The molecule has 0 saturated heterocycles. The fourth-order valence-electron chi connectivity index (χ4n) is 3.73. The van der Waals surface area contributed by atoms with Crippen LogP contribution in [0.2, 0.25) is 0 Å². The Labute approximate surface area is 116 Å². The van der Waals surface area contributed by atoms with Gasteiger partial charge in [-0.3, -0.25) is 0 Å². The molecule has 0 fully saturated rings. The van der Waals surface area contributed by atoms with Gasteiger partial charge in [-0.15, -0.1) is 0 Å². The van der Waals surface area contributed by atoms with Gasteiger partial charge >= 0.3 is 0 Å². The molecule has 0 aromatic heterocycles. The van der Waals surface area contributed by atoms with Crippen LogP contribution in [0.3, 0.4) is 0 Å². The predicted octanol–water partition coefficient (Wildman–Crippen LogP) is 5.34. The molecule has 2 aromatic rings. The van der Waals surface area contributed by atoms with Gasteiger partial charge in [0.05, 0.1) is 0 Å². The van der Waals surface area contributed by atoms with Crippen molar-refractivity contribution in [1.82, 2.24) is 0 Å². The highest BCUT2D eigenvalue weighted by molar-refractivity contribution is 5.81. The topological polar surface area (TPSA) is 0 Å². The zero-order valence-corrected chi connectivity index (χ0v) is 12.2. The number of rotatable bonds is 3. The average Bonchev–Trinajstić information content (AvgIpc) is 2.77. The summed E-state index contributed by atoms with van der Waals surface area (Å²) < 4.78 is 0. The molecule has 3 rings (SSSR count). The van der Waals surface area contributed by atoms with Crippen molar-refractivity contribution in [2.24, 2.45) is 0 Å². The normalized spacial score (nSPS) is 15.1. The molecule has 1 aliphatic rings. The Morgan fingerprint density at radius 2 is 1.47 bits per heavy atom. The molecule has 0 spiro atoms. The van der Waals surface area contributed by atoms with E-state index in [4.69, 9.17) is 0 Å². The molecule has 0 saturated carbocycles. The fraction of sp³-hybridized carbons (Fsp3) is 0.368. The molecule has 0 unspecified atom stereocenters. The van der Waals surface area contributed by atoms with E-state index in [0.717, 1.165) is 6.42 Å². The van der Waals surface area contributed by atoms with E-state index in [1.54, 1.807) is 5.56 Å². The Bertz CT molecular complexity index is 603. The quantitative estimate of drug-likeness (QED) is 0.690. The Hall–Kier alpha value is -1.56. The standard InChI is InChI=1S/C19H22/c1-4-14-11-12-16-15-9-7-8-10-17(15)19(5-2,6-3)18(16)13-14/h7-13H,4-6H2,1-3H3. The number of hydrogen-bond donors (Lipinski definition) is 0. The average molecular weight is 250 g/mol. The molecule has 1 aliphatic carbocycles. The van der Waals surface area contributed by atoms with Crippen LogP contribution in [0.5, 0.6) is 0 Å². The lowest BCUT2D eigenvalue weighted by Crippen LogP contribution is -2.23. The second kappa shape index (κ2) is 4.52. The lowest BCUT2D eigenvalue weighted by molar-refractivity contribution is 0.490. The Balaban J connectivity index is 2.33. The van der Waals surface area contributed by atoms with Gasteiger partial charge in [0, 0.05) is 5.41 Å². The maximum Gasteiger partial charge on any atom is 0.0210 e. The smallest absolute Gasteiger partial charge is 0.0210 e. The van der Waals surface area contributed by atoms with Crippen molar-refractivity contribution in [1.29, 1.82) is 0 Å². The minimum atomic E-state index is 0.233. The molecule has 0 atom stereocenters. The molecule has 0 bridgehead atoms. The summed E-state index contributed by atoms with van der Waals surface area (Å²) in [5.41, 5.74) is 7.68. The van der Waals surface area contributed by atoms with Crippen molar-refractivity contribution in [3.63, 3.8) is 0 Å². The van der Waals surface area contributed by atoms with Crippen molar-refractivity contribution < 1.29 is 0 Å². The minimum absolute atomic E-state index is 0.233. The molecule has 0 radical (unpaired) electrons. The summed E-state index contributed by atoms with van der Waals surface area (Å²) in [6.45, 7) is 6.89. The Kier molecular flexibility index (Phi) is 2.97. The Morgan fingerprint density at radius 3 is 2.16 bits per heavy atom. The van der Waals surface area contributed by atoms with Gasteiger partial charge < -0.3 is 0 Å². The van der Waals surface area contributed by atoms with E-state index in [9.17, 15) is 0 Å². The van der Waals surface area contributed by atoms with Crippen LogP contribution in [0.15, 0.2) is 42.5 Å². The molecule has 2 aromatic carbocycles. The molecule has 0 heteroatoms. The molecule has 0 aliphatic heterocycles. The van der Waals surface area contributed by atoms with Gasteiger partial charge in [0.1, 0.15) is 0 Å². The van der Waals surface area contributed by atoms with Gasteiger partial charge in [-0.25, -0.2) is 0 Å². The van der Waals surface area contributed by atoms with Crippen molar-refractivity contribution in [2.45, 2.75) is 45.4 Å². The summed E-state index contributed by atoms with van der Waals surface area (Å²) in [4.78, 5) is 0. The predicted molar refractivity (Wildman–Crippen MR) is 82.6 cm³/mol. The van der Waals surface area contributed by atoms with Gasteiger partial charge in [0.2, 0.25) is 0 Å². The lowest BCUT2D eigenvalue weighted by atomic mass is 9.73. The number of aryl methyl sites for hydroxylation is 1. The van der Waals surface area contributed by atoms with E-state index < -0.39 is 0 Å². The van der Waals surface area contributed by atoms with Crippen molar-refractivity contribution in [2.75, 3.05) is 0 Å². The molecule has 19 heavy (non-hydrogen) atoms. The third kappa shape index (κ3) is 1.59. The molecule has 0 N–H and O–H groups in total. The SMILES string of the molecule is CCc1ccc2c(c1)C(CC)(CC)c1ccccc1-2. The van der Waals surface area contributed by atoms with Crippen LogP contribution in [-0.2, 0) is 11.8 Å². The van der Waals surface area contributed by atoms with Gasteiger partial charge in [-0.05, 0) is 47.1 Å². The Morgan fingerprint density at radius 1 is 0.789 bits per heavy atom. The van der Waals surface area contributed by atoms with Crippen LogP contribution in [0.4, 0.5) is 0 Å². The molecule has 98 valence electrons. The lowest BCUT2D eigenvalue weighted by Gasteiger charge is -2.29. The van der Waals surface area contributed by atoms with Crippen LogP contribution in [0.25, 0.3) is 11.1 Å². The maximum absolute atomic E-state index is 2.45. The van der Waals surface area contributed by atoms with Gasteiger partial charge in [-0.2, -0.15) is 0 Å². The van der Waals surface area contributed by atoms with Crippen LogP contribution in [-0.4, -0.2) is 0 Å². The van der Waals surface area contributed by atoms with Crippen molar-refractivity contribution in [3.8, 4) is 11.1 Å². The van der Waals surface area contributed by atoms with E-state index in [1.807, 2.05) is 0 Å². The number of hydrogen-bond acceptors (Lipinski definition) is 0. The molecular weight excluding hydrogens is 228 g/mol. The van der Waals surface area contributed by atoms with E-state index >= 15 is 0 Å². The second-order valence-corrected chi connectivity index (χ2v) is 5.57. The summed E-state index contributed by atoms with van der Waals surface area (Å²) >= 11 is 0. The van der Waals surface area contributed by atoms with Crippen LogP contribution in [0, 0.1) is 0 Å². The summed E-state index contributed by atoms with van der Waals surface area (Å²) in [6.07, 6.45) is 3.48. The highest BCUT2D eigenvalue weighted by Crippen LogP contribution is 2.52. The third-order valence-corrected chi connectivity index (χ3v) is 4.95. The van der Waals surface area contributed by atoms with Crippen LogP contribution >= 0.6 is 0 Å². The molecular formula is C19H22. The second-order valence-electron chi connectivity index (χ2n) is 5.57. The van der Waals surface area contributed by atoms with Gasteiger partial charge in [0.25, 0.3) is 0 Å². The minimum Gasteiger partial charge on any atom is -0.0642 e. The first-order valence-electron chi connectivity index (χ1n) is 7.50. The van der Waals surface area contributed by atoms with E-state index in [1.165, 1.54) is 35.1 Å². The first-order chi connectivity index (χ1) is 9.26. The summed E-state index contributed by atoms with van der Waals surface area (Å²) in [5.74, 6) is 0. The van der Waals surface area contributed by atoms with Crippen LogP contribution < -0.4 is 0 Å². The third-order valence-electron chi connectivity index (χ3n) is 4.95. The van der Waals surface area contributed by atoms with E-state index in [-0.39, 0.29) is 5.41 Å². The zero-order chi connectivity index (χ0) is 13.5. The maximum atomic E-state index is 2.45. The molecule has 0 heterocycles. The number of fused-ring (bicyclic) bond motifs is 3. The van der Waals surface area contributed by atoms with Crippen molar-refractivity contribution >= 4 is 0 Å². The summed E-state index contributed by atoms with van der Waals surface area (Å²) in [7, 11) is 0. The summed E-state index contributed by atoms with van der Waals surface area (Å²) in [6, 6.07) is 16.0. The zero-order valence-electron chi connectivity index (χ0n) is 12.2. The van der Waals surface area contributed by atoms with Gasteiger partial charge in [0.15, 0.2) is 0 Å². The molecule has 0 nitrogen and oxygen atoms in total. The van der Waals surface area contributed by atoms with E-state index in [0.29, 0.717) is 0 Å². The van der Waals surface area contributed by atoms with E-state index in [2.05, 4.69) is 63.2 Å². The molecule has 0 amide bonds. The van der Waals surface area contributed by atoms with Gasteiger partial charge in [-0.1, -0.05) is 63.2 Å². The summed E-state index contributed by atoms with van der Waals surface area (Å²) in [5, 5.41) is 0. The first kappa shape index (κ1) is 12.5.